The molecular weight excluding hydrogens is 380 g/mol. The second kappa shape index (κ2) is 10.0. The van der Waals surface area contributed by atoms with E-state index >= 15 is 0 Å². The number of carbonyl (C=O) groups excluding carboxylic acids is 2. The van der Waals surface area contributed by atoms with Crippen molar-refractivity contribution in [2.45, 2.75) is 33.6 Å². The summed E-state index contributed by atoms with van der Waals surface area (Å²) in [7, 11) is 0. The Morgan fingerprint density at radius 2 is 1.83 bits per heavy atom. The summed E-state index contributed by atoms with van der Waals surface area (Å²) < 4.78 is 0. The molecule has 8 nitrogen and oxygen atoms in total. The molecule has 8 heteroatoms. The fourth-order valence-electron chi connectivity index (χ4n) is 3.71. The van der Waals surface area contributed by atoms with E-state index < -0.39 is 0 Å². The zero-order valence-electron chi connectivity index (χ0n) is 17.9. The number of amides is 2. The highest BCUT2D eigenvalue weighted by Gasteiger charge is 2.29. The number of carbonyl (C=O) groups is 2. The van der Waals surface area contributed by atoms with Crippen LogP contribution in [0.1, 0.15) is 33.6 Å². The first-order valence-electron chi connectivity index (χ1n) is 10.5. The van der Waals surface area contributed by atoms with E-state index in [0.29, 0.717) is 18.3 Å². The zero-order chi connectivity index (χ0) is 21.5. The van der Waals surface area contributed by atoms with Crippen LogP contribution in [0.4, 0.5) is 23.1 Å². The quantitative estimate of drug-likeness (QED) is 0.728. The van der Waals surface area contributed by atoms with Gasteiger partial charge in [0.1, 0.15) is 5.82 Å². The van der Waals surface area contributed by atoms with Crippen molar-refractivity contribution in [2.24, 2.45) is 5.92 Å². The van der Waals surface area contributed by atoms with Crippen molar-refractivity contribution in [1.29, 1.82) is 0 Å². The minimum Gasteiger partial charge on any atom is -0.343 e. The molecule has 0 radical (unpaired) electrons. The normalized spacial score (nSPS) is 16.1. The summed E-state index contributed by atoms with van der Waals surface area (Å²) in [5.41, 5.74) is 1.61. The smallest absolute Gasteiger partial charge is 0.227 e. The monoisotopic (exact) mass is 410 g/mol. The molecule has 1 aliphatic rings. The lowest BCUT2D eigenvalue weighted by molar-refractivity contribution is -0.135. The molecule has 0 aliphatic carbocycles. The van der Waals surface area contributed by atoms with Crippen molar-refractivity contribution in [1.82, 2.24) is 14.9 Å². The number of rotatable bonds is 7. The van der Waals surface area contributed by atoms with Crippen LogP contribution in [0, 0.1) is 5.92 Å². The van der Waals surface area contributed by atoms with Gasteiger partial charge in [0.25, 0.3) is 0 Å². The maximum atomic E-state index is 12.8. The molecular formula is C22H30N6O2. The Balaban J connectivity index is 1.67. The van der Waals surface area contributed by atoms with Gasteiger partial charge in [-0.15, -0.1) is 0 Å². The summed E-state index contributed by atoms with van der Waals surface area (Å²) in [6, 6.07) is 9.24. The van der Waals surface area contributed by atoms with Crippen LogP contribution in [0.2, 0.25) is 0 Å². The fourth-order valence-corrected chi connectivity index (χ4v) is 3.71. The molecule has 0 spiro atoms. The minimum atomic E-state index is -0.101. The molecule has 160 valence electrons. The van der Waals surface area contributed by atoms with Crippen molar-refractivity contribution in [2.75, 3.05) is 41.7 Å². The van der Waals surface area contributed by atoms with Crippen LogP contribution in [0.5, 0.6) is 0 Å². The summed E-state index contributed by atoms with van der Waals surface area (Å²) in [4.78, 5) is 37.0. The highest BCUT2D eigenvalue weighted by atomic mass is 16.2. The number of nitrogens with one attached hydrogen (secondary N) is 2. The fraction of sp³-hybridized carbons (Fsp3) is 0.455. The molecule has 30 heavy (non-hydrogen) atoms. The van der Waals surface area contributed by atoms with Gasteiger partial charge in [0.15, 0.2) is 0 Å². The first kappa shape index (κ1) is 21.5. The third kappa shape index (κ3) is 5.46. The van der Waals surface area contributed by atoms with Crippen molar-refractivity contribution in [3.05, 3.63) is 36.5 Å². The SMILES string of the molecule is CCN(CC)C(=O)C1CCCN(c2nccc(Nc3ccc(NC(C)=O)cc3)n2)C1. The van der Waals surface area contributed by atoms with Gasteiger partial charge in [-0.05, 0) is 57.0 Å². The Morgan fingerprint density at radius 1 is 1.13 bits per heavy atom. The van der Waals surface area contributed by atoms with Crippen LogP contribution in [0.15, 0.2) is 36.5 Å². The third-order valence-electron chi connectivity index (χ3n) is 5.25. The van der Waals surface area contributed by atoms with E-state index in [1.807, 2.05) is 49.1 Å². The lowest BCUT2D eigenvalue weighted by atomic mass is 9.96. The molecule has 1 aromatic carbocycles. The Morgan fingerprint density at radius 3 is 2.50 bits per heavy atom. The van der Waals surface area contributed by atoms with Crippen LogP contribution in [-0.2, 0) is 9.59 Å². The van der Waals surface area contributed by atoms with E-state index in [4.69, 9.17) is 0 Å². The summed E-state index contributed by atoms with van der Waals surface area (Å²) >= 11 is 0. The Labute approximate surface area is 177 Å². The summed E-state index contributed by atoms with van der Waals surface area (Å²) in [5, 5.41) is 6.02. The molecule has 1 aliphatic heterocycles. The van der Waals surface area contributed by atoms with Gasteiger partial charge in [0.2, 0.25) is 17.8 Å². The van der Waals surface area contributed by atoms with Gasteiger partial charge in [-0.3, -0.25) is 9.59 Å². The second-order valence-corrected chi connectivity index (χ2v) is 7.42. The molecule has 2 aromatic rings. The van der Waals surface area contributed by atoms with E-state index in [1.54, 1.807) is 6.20 Å². The topological polar surface area (TPSA) is 90.5 Å². The largest absolute Gasteiger partial charge is 0.343 e. The maximum absolute atomic E-state index is 12.8. The highest BCUT2D eigenvalue weighted by molar-refractivity contribution is 5.88. The average Bonchev–Trinajstić information content (AvgIpc) is 2.76. The minimum absolute atomic E-state index is 0.0137. The van der Waals surface area contributed by atoms with Crippen LogP contribution < -0.4 is 15.5 Å². The first-order valence-corrected chi connectivity index (χ1v) is 10.5. The number of anilines is 4. The van der Waals surface area contributed by atoms with Crippen LogP contribution in [0.3, 0.4) is 0 Å². The average molecular weight is 411 g/mol. The van der Waals surface area contributed by atoms with Crippen LogP contribution in [0.25, 0.3) is 0 Å². The number of hydrogen-bond donors (Lipinski definition) is 2. The van der Waals surface area contributed by atoms with Crippen molar-refractivity contribution < 1.29 is 9.59 Å². The number of piperidine rings is 1. The van der Waals surface area contributed by atoms with Crippen molar-refractivity contribution in [3.63, 3.8) is 0 Å². The zero-order valence-corrected chi connectivity index (χ0v) is 17.9. The van der Waals surface area contributed by atoms with Gasteiger partial charge in [-0.25, -0.2) is 4.98 Å². The van der Waals surface area contributed by atoms with Gasteiger partial charge < -0.3 is 20.4 Å². The molecule has 1 fully saturated rings. The molecule has 1 saturated heterocycles. The molecule has 0 saturated carbocycles. The van der Waals surface area contributed by atoms with Crippen LogP contribution in [-0.4, -0.2) is 52.9 Å². The first-order chi connectivity index (χ1) is 14.5. The predicted molar refractivity (Wildman–Crippen MR) is 119 cm³/mol. The van der Waals surface area contributed by atoms with Crippen molar-refractivity contribution in [3.8, 4) is 0 Å². The Hall–Kier alpha value is -3.16. The molecule has 2 heterocycles. The van der Waals surface area contributed by atoms with E-state index in [9.17, 15) is 9.59 Å². The van der Waals surface area contributed by atoms with Crippen molar-refractivity contribution >= 4 is 35.0 Å². The Bertz CT molecular complexity index is 866. The van der Waals surface area contributed by atoms with Crippen LogP contribution >= 0.6 is 0 Å². The molecule has 1 aromatic heterocycles. The Kier molecular flexibility index (Phi) is 7.21. The van der Waals surface area contributed by atoms with Gasteiger partial charge in [-0.2, -0.15) is 4.98 Å². The lowest BCUT2D eigenvalue weighted by Gasteiger charge is -2.34. The van der Waals surface area contributed by atoms with E-state index in [2.05, 4.69) is 25.5 Å². The number of hydrogen-bond acceptors (Lipinski definition) is 6. The summed E-state index contributed by atoms with van der Waals surface area (Å²) in [5.74, 6) is 1.42. The second-order valence-electron chi connectivity index (χ2n) is 7.42. The van der Waals surface area contributed by atoms with Gasteiger partial charge >= 0.3 is 0 Å². The number of nitrogens with zero attached hydrogens (tertiary/aromatic N) is 4. The van der Waals surface area contributed by atoms with Gasteiger partial charge in [0.05, 0.1) is 5.92 Å². The molecule has 1 atom stereocenters. The van der Waals surface area contributed by atoms with E-state index in [0.717, 1.165) is 43.9 Å². The molecule has 3 rings (SSSR count). The molecule has 2 amide bonds. The number of benzene rings is 1. The summed E-state index contributed by atoms with van der Waals surface area (Å²) in [6.45, 7) is 8.48. The standard InChI is InChI=1S/C22H30N6O2/c1-4-27(5-2)21(30)17-7-6-14-28(15-17)22-23-13-12-20(26-22)25-19-10-8-18(9-11-19)24-16(3)29/h8-13,17H,4-7,14-15H2,1-3H3,(H,24,29)(H,23,25,26). The predicted octanol–water partition coefficient (Wildman–Crippen LogP) is 3.26. The molecule has 1 unspecified atom stereocenters. The van der Waals surface area contributed by atoms with E-state index in [1.165, 1.54) is 6.92 Å². The van der Waals surface area contributed by atoms with E-state index in [-0.39, 0.29) is 17.7 Å². The lowest BCUT2D eigenvalue weighted by Crippen LogP contribution is -2.45. The summed E-state index contributed by atoms with van der Waals surface area (Å²) in [6.07, 6.45) is 3.58. The maximum Gasteiger partial charge on any atom is 0.227 e. The highest BCUT2D eigenvalue weighted by Crippen LogP contribution is 2.24. The number of aromatic nitrogens is 2. The molecule has 2 N–H and O–H groups in total. The third-order valence-corrected chi connectivity index (χ3v) is 5.25. The molecule has 0 bridgehead atoms. The van der Waals surface area contributed by atoms with Gasteiger partial charge in [0, 0.05) is 50.7 Å². The van der Waals surface area contributed by atoms with Gasteiger partial charge in [-0.1, -0.05) is 0 Å².